The lowest BCUT2D eigenvalue weighted by Gasteiger charge is -2.10. The van der Waals surface area contributed by atoms with Gasteiger partial charge in [0.2, 0.25) is 0 Å². The van der Waals surface area contributed by atoms with E-state index in [2.05, 4.69) is 30.1 Å². The Morgan fingerprint density at radius 2 is 2.25 bits per heavy atom. The first-order chi connectivity index (χ1) is 7.84. The van der Waals surface area contributed by atoms with Crippen molar-refractivity contribution in [3.63, 3.8) is 0 Å². The van der Waals surface area contributed by atoms with Gasteiger partial charge >= 0.3 is 0 Å². The van der Waals surface area contributed by atoms with Crippen molar-refractivity contribution in [1.82, 2.24) is 4.98 Å². The number of oxazole rings is 1. The number of fused-ring (bicyclic) bond motifs is 1. The van der Waals surface area contributed by atoms with E-state index >= 15 is 0 Å². The summed E-state index contributed by atoms with van der Waals surface area (Å²) < 4.78 is 5.46. The van der Waals surface area contributed by atoms with E-state index in [0.717, 1.165) is 29.5 Å². The van der Waals surface area contributed by atoms with E-state index in [0.29, 0.717) is 0 Å². The van der Waals surface area contributed by atoms with Crippen molar-refractivity contribution in [2.45, 2.75) is 19.8 Å². The van der Waals surface area contributed by atoms with Gasteiger partial charge in [-0.2, -0.15) is 0 Å². The van der Waals surface area contributed by atoms with Crippen molar-refractivity contribution in [1.29, 1.82) is 0 Å². The average Bonchev–Trinajstić information content (AvgIpc) is 2.76. The molecule has 1 aliphatic rings. The smallest absolute Gasteiger partial charge is 0.182 e. The third-order valence-corrected chi connectivity index (χ3v) is 2.97. The molecule has 80 valence electrons. The van der Waals surface area contributed by atoms with E-state index in [1.807, 2.05) is 12.1 Å². The zero-order valence-electron chi connectivity index (χ0n) is 9.23. The zero-order chi connectivity index (χ0) is 11.0. The summed E-state index contributed by atoms with van der Waals surface area (Å²) in [5.41, 5.74) is 5.64. The van der Waals surface area contributed by atoms with Crippen molar-refractivity contribution in [3.05, 3.63) is 47.9 Å². The second-order valence-electron chi connectivity index (χ2n) is 4.20. The number of aromatic nitrogens is 1. The van der Waals surface area contributed by atoms with Crippen LogP contribution in [0.5, 0.6) is 0 Å². The molecular weight excluding hydrogens is 198 g/mol. The van der Waals surface area contributed by atoms with E-state index < -0.39 is 0 Å². The fraction of sp³-hybridized carbons (Fsp3) is 0.214. The Morgan fingerprint density at radius 1 is 1.31 bits per heavy atom. The lowest BCUT2D eigenvalue weighted by Crippen LogP contribution is -1.90. The van der Waals surface area contributed by atoms with Crippen LogP contribution in [0.15, 0.2) is 46.7 Å². The molecule has 0 spiro atoms. The topological polar surface area (TPSA) is 26.0 Å². The normalized spacial score (nSPS) is 16.1. The molecule has 0 radical (unpaired) electrons. The maximum absolute atomic E-state index is 5.46. The maximum Gasteiger partial charge on any atom is 0.182 e. The first-order valence-corrected chi connectivity index (χ1v) is 5.54. The van der Waals surface area contributed by atoms with Crippen LogP contribution in [0.4, 0.5) is 0 Å². The molecule has 3 rings (SSSR count). The van der Waals surface area contributed by atoms with Crippen molar-refractivity contribution < 1.29 is 4.42 Å². The van der Waals surface area contributed by atoms with E-state index in [9.17, 15) is 0 Å². The highest BCUT2D eigenvalue weighted by atomic mass is 16.3. The van der Waals surface area contributed by atoms with Crippen molar-refractivity contribution in [3.8, 4) is 0 Å². The second kappa shape index (κ2) is 3.63. The SMILES string of the molecule is CC1=CC(c2cccc3ncoc23)=CCC1. The Hall–Kier alpha value is -1.83. The van der Waals surface area contributed by atoms with Gasteiger partial charge < -0.3 is 4.42 Å². The maximum atomic E-state index is 5.46. The number of benzene rings is 1. The monoisotopic (exact) mass is 211 g/mol. The number of rotatable bonds is 1. The van der Waals surface area contributed by atoms with Crippen molar-refractivity contribution in [2.24, 2.45) is 0 Å². The highest BCUT2D eigenvalue weighted by Gasteiger charge is 2.10. The van der Waals surface area contributed by atoms with Gasteiger partial charge in [-0.3, -0.25) is 0 Å². The van der Waals surface area contributed by atoms with Crippen molar-refractivity contribution >= 4 is 16.7 Å². The van der Waals surface area contributed by atoms with Crippen LogP contribution in [0.3, 0.4) is 0 Å². The predicted molar refractivity (Wildman–Crippen MR) is 65.0 cm³/mol. The fourth-order valence-electron chi connectivity index (χ4n) is 2.15. The van der Waals surface area contributed by atoms with E-state index in [4.69, 9.17) is 4.42 Å². The number of para-hydroxylation sites is 1. The number of hydrogen-bond donors (Lipinski definition) is 0. The van der Waals surface area contributed by atoms with Crippen molar-refractivity contribution in [2.75, 3.05) is 0 Å². The highest BCUT2D eigenvalue weighted by molar-refractivity contribution is 5.91. The minimum atomic E-state index is 0.889. The molecule has 0 saturated carbocycles. The lowest BCUT2D eigenvalue weighted by molar-refractivity contribution is 0.601. The lowest BCUT2D eigenvalue weighted by atomic mass is 9.95. The molecule has 16 heavy (non-hydrogen) atoms. The van der Waals surface area contributed by atoms with Crippen LogP contribution in [0.25, 0.3) is 16.7 Å². The molecule has 0 fully saturated rings. The van der Waals surface area contributed by atoms with Crippen LogP contribution in [-0.2, 0) is 0 Å². The molecule has 0 aliphatic heterocycles. The minimum Gasteiger partial charge on any atom is -0.443 e. The molecule has 1 aromatic heterocycles. The van der Waals surface area contributed by atoms with Crippen LogP contribution in [0, 0.1) is 0 Å². The molecule has 0 saturated heterocycles. The summed E-state index contributed by atoms with van der Waals surface area (Å²) in [4.78, 5) is 4.18. The molecule has 1 aliphatic carbocycles. The first kappa shape index (κ1) is 9.40. The molecule has 0 N–H and O–H groups in total. The van der Waals surface area contributed by atoms with Gasteiger partial charge in [-0.1, -0.05) is 29.9 Å². The van der Waals surface area contributed by atoms with Gasteiger partial charge in [0.25, 0.3) is 0 Å². The summed E-state index contributed by atoms with van der Waals surface area (Å²) in [6, 6.07) is 6.09. The molecule has 2 nitrogen and oxygen atoms in total. The fourth-order valence-corrected chi connectivity index (χ4v) is 2.15. The van der Waals surface area contributed by atoms with Gasteiger partial charge in [0.05, 0.1) is 0 Å². The predicted octanol–water partition coefficient (Wildman–Crippen LogP) is 3.95. The van der Waals surface area contributed by atoms with Gasteiger partial charge in [-0.25, -0.2) is 4.98 Å². The molecule has 0 amide bonds. The summed E-state index contributed by atoms with van der Waals surface area (Å²) in [7, 11) is 0. The minimum absolute atomic E-state index is 0.889. The summed E-state index contributed by atoms with van der Waals surface area (Å²) in [6.07, 6.45) is 8.29. The summed E-state index contributed by atoms with van der Waals surface area (Å²) >= 11 is 0. The number of nitrogens with zero attached hydrogens (tertiary/aromatic N) is 1. The van der Waals surface area contributed by atoms with Gasteiger partial charge in [0.1, 0.15) is 5.52 Å². The summed E-state index contributed by atoms with van der Waals surface area (Å²) in [5, 5.41) is 0. The summed E-state index contributed by atoms with van der Waals surface area (Å²) in [5.74, 6) is 0. The Balaban J connectivity index is 2.19. The van der Waals surface area contributed by atoms with Crippen LogP contribution < -0.4 is 0 Å². The van der Waals surface area contributed by atoms with E-state index in [1.54, 1.807) is 0 Å². The Morgan fingerprint density at radius 3 is 3.12 bits per heavy atom. The first-order valence-electron chi connectivity index (χ1n) is 5.54. The molecule has 0 unspecified atom stereocenters. The quantitative estimate of drug-likeness (QED) is 0.713. The standard InChI is InChI=1S/C14H13NO/c1-10-4-2-5-11(8-10)12-6-3-7-13-14(12)16-9-15-13/h3,5-9H,2,4H2,1H3. The van der Waals surface area contributed by atoms with Gasteiger partial charge in [0, 0.05) is 5.56 Å². The Labute approximate surface area is 94.3 Å². The highest BCUT2D eigenvalue weighted by Crippen LogP contribution is 2.29. The van der Waals surface area contributed by atoms with Gasteiger partial charge in [-0.15, -0.1) is 0 Å². The Bertz CT molecular complexity index is 590. The Kier molecular flexibility index (Phi) is 2.13. The van der Waals surface area contributed by atoms with E-state index in [1.165, 1.54) is 17.5 Å². The summed E-state index contributed by atoms with van der Waals surface area (Å²) in [6.45, 7) is 2.17. The van der Waals surface area contributed by atoms with E-state index in [-0.39, 0.29) is 0 Å². The molecule has 2 aromatic rings. The molecule has 0 bridgehead atoms. The number of hydrogen-bond acceptors (Lipinski definition) is 2. The van der Waals surface area contributed by atoms with Crippen LogP contribution in [-0.4, -0.2) is 4.98 Å². The second-order valence-corrected chi connectivity index (χ2v) is 4.20. The average molecular weight is 211 g/mol. The third kappa shape index (κ3) is 1.47. The molecular formula is C14H13NO. The zero-order valence-corrected chi connectivity index (χ0v) is 9.23. The molecule has 2 heteroatoms. The molecule has 1 heterocycles. The van der Waals surface area contributed by atoms with Crippen LogP contribution >= 0.6 is 0 Å². The van der Waals surface area contributed by atoms with Crippen LogP contribution in [0.1, 0.15) is 25.3 Å². The van der Waals surface area contributed by atoms with Gasteiger partial charge in [-0.05, 0) is 31.4 Å². The molecule has 1 aromatic carbocycles. The van der Waals surface area contributed by atoms with Crippen LogP contribution in [0.2, 0.25) is 0 Å². The third-order valence-electron chi connectivity index (χ3n) is 2.97. The van der Waals surface area contributed by atoms with Gasteiger partial charge in [0.15, 0.2) is 12.0 Å². The molecule has 0 atom stereocenters. The largest absolute Gasteiger partial charge is 0.443 e. The number of allylic oxidation sites excluding steroid dienone is 4.